The van der Waals surface area contributed by atoms with Crippen molar-refractivity contribution < 1.29 is 0 Å². The van der Waals surface area contributed by atoms with Crippen molar-refractivity contribution in [2.75, 3.05) is 0 Å². The van der Waals surface area contributed by atoms with Gasteiger partial charge in [0.2, 0.25) is 0 Å². The third-order valence-corrected chi connectivity index (χ3v) is 6.48. The minimum Gasteiger partial charge on any atom is -0.0720 e. The van der Waals surface area contributed by atoms with Gasteiger partial charge in [-0.15, -0.1) is 0 Å². The average Bonchev–Trinajstić information content (AvgIpc) is 3.22. The number of aryl methyl sites for hydroxylation is 1. The van der Waals surface area contributed by atoms with E-state index >= 15 is 0 Å². The molecular formula is C30H22. The van der Waals surface area contributed by atoms with Crippen molar-refractivity contribution in [3.05, 3.63) is 125 Å². The van der Waals surface area contributed by atoms with E-state index in [0.717, 1.165) is 0 Å². The van der Waals surface area contributed by atoms with Crippen LogP contribution in [-0.2, 0) is 0 Å². The third-order valence-electron chi connectivity index (χ3n) is 6.48. The van der Waals surface area contributed by atoms with Crippen LogP contribution < -0.4 is 0 Å². The van der Waals surface area contributed by atoms with Gasteiger partial charge in [-0.25, -0.2) is 0 Å². The lowest BCUT2D eigenvalue weighted by atomic mass is 9.84. The number of benzene rings is 5. The molecule has 1 aliphatic rings. The number of fused-ring (bicyclic) bond motifs is 3. The molecule has 0 spiro atoms. The molecule has 1 atom stereocenters. The molecule has 0 nitrogen and oxygen atoms in total. The molecule has 0 radical (unpaired) electrons. The van der Waals surface area contributed by atoms with Gasteiger partial charge in [-0.2, -0.15) is 0 Å². The van der Waals surface area contributed by atoms with Crippen molar-refractivity contribution in [3.63, 3.8) is 0 Å². The molecule has 0 saturated carbocycles. The molecule has 0 heterocycles. The highest BCUT2D eigenvalue weighted by molar-refractivity contribution is 6.05. The first-order valence-electron chi connectivity index (χ1n) is 10.6. The van der Waals surface area contributed by atoms with Crippen molar-refractivity contribution in [2.24, 2.45) is 0 Å². The minimum absolute atomic E-state index is 0.299. The largest absolute Gasteiger partial charge is 0.0720 e. The molecule has 0 heteroatoms. The highest BCUT2D eigenvalue weighted by Crippen LogP contribution is 2.44. The fourth-order valence-electron chi connectivity index (χ4n) is 5.00. The molecule has 1 aliphatic carbocycles. The number of rotatable bonds is 2. The molecule has 0 bridgehead atoms. The first-order valence-corrected chi connectivity index (χ1v) is 10.6. The molecular weight excluding hydrogens is 360 g/mol. The molecule has 0 aliphatic heterocycles. The van der Waals surface area contributed by atoms with Gasteiger partial charge in [-0.05, 0) is 74.0 Å². The lowest BCUT2D eigenvalue weighted by Crippen LogP contribution is -2.01. The Kier molecular flexibility index (Phi) is 3.86. The molecule has 0 amide bonds. The lowest BCUT2D eigenvalue weighted by molar-refractivity contribution is 1.03. The predicted molar refractivity (Wildman–Crippen MR) is 129 cm³/mol. The molecule has 0 saturated heterocycles. The monoisotopic (exact) mass is 382 g/mol. The first kappa shape index (κ1) is 17.2. The van der Waals surface area contributed by atoms with Crippen LogP contribution >= 0.6 is 0 Å². The van der Waals surface area contributed by atoms with Gasteiger partial charge in [0.25, 0.3) is 0 Å². The van der Waals surface area contributed by atoms with Gasteiger partial charge in [0.05, 0.1) is 0 Å². The van der Waals surface area contributed by atoms with Gasteiger partial charge in [-0.3, -0.25) is 0 Å². The second-order valence-corrected chi connectivity index (χ2v) is 8.23. The van der Waals surface area contributed by atoms with Gasteiger partial charge in [-0.1, -0.05) is 97.1 Å². The second-order valence-electron chi connectivity index (χ2n) is 8.23. The summed E-state index contributed by atoms with van der Waals surface area (Å²) in [6.07, 6.45) is 4.65. The van der Waals surface area contributed by atoms with E-state index in [0.29, 0.717) is 5.92 Å². The summed E-state index contributed by atoms with van der Waals surface area (Å²) in [4.78, 5) is 0. The summed E-state index contributed by atoms with van der Waals surface area (Å²) in [6.45, 7) is 2.22. The molecule has 5 aromatic rings. The molecule has 0 N–H and O–H groups in total. The van der Waals surface area contributed by atoms with Gasteiger partial charge in [0, 0.05) is 5.92 Å². The maximum Gasteiger partial charge on any atom is 0.0287 e. The van der Waals surface area contributed by atoms with Gasteiger partial charge in [0.15, 0.2) is 0 Å². The van der Waals surface area contributed by atoms with Crippen LogP contribution in [0.4, 0.5) is 0 Å². The summed E-state index contributed by atoms with van der Waals surface area (Å²) >= 11 is 0. The Hall–Kier alpha value is -3.64. The SMILES string of the molecule is Cc1ccccc1C1C=Cc2cccc(-c3cccc4cc5ccccc5cc34)c21. The molecule has 1 unspecified atom stereocenters. The average molecular weight is 383 g/mol. The molecule has 0 fully saturated rings. The zero-order valence-electron chi connectivity index (χ0n) is 17.0. The summed E-state index contributed by atoms with van der Waals surface area (Å²) in [5.41, 5.74) is 8.15. The number of hydrogen-bond acceptors (Lipinski definition) is 0. The maximum absolute atomic E-state index is 2.36. The number of allylic oxidation sites excluding steroid dienone is 1. The number of hydrogen-bond donors (Lipinski definition) is 0. The zero-order chi connectivity index (χ0) is 20.1. The van der Waals surface area contributed by atoms with E-state index in [1.165, 1.54) is 54.9 Å². The summed E-state index contributed by atoms with van der Waals surface area (Å²) in [6, 6.07) is 35.5. The van der Waals surface area contributed by atoms with E-state index in [1.807, 2.05) is 0 Å². The molecule has 5 aromatic carbocycles. The molecule has 6 rings (SSSR count). The van der Waals surface area contributed by atoms with Crippen molar-refractivity contribution in [1.82, 2.24) is 0 Å². The fourth-order valence-corrected chi connectivity index (χ4v) is 5.00. The predicted octanol–water partition coefficient (Wildman–Crippen LogP) is 8.13. The fraction of sp³-hybridized carbons (Fsp3) is 0.0667. The van der Waals surface area contributed by atoms with E-state index in [9.17, 15) is 0 Å². The van der Waals surface area contributed by atoms with Crippen LogP contribution in [0.2, 0.25) is 0 Å². The Balaban J connectivity index is 1.62. The zero-order valence-corrected chi connectivity index (χ0v) is 17.0. The van der Waals surface area contributed by atoms with Crippen LogP contribution in [0.1, 0.15) is 28.2 Å². The summed E-state index contributed by atoms with van der Waals surface area (Å²) in [7, 11) is 0. The van der Waals surface area contributed by atoms with Gasteiger partial charge >= 0.3 is 0 Å². The Morgan fingerprint density at radius 3 is 2.17 bits per heavy atom. The third kappa shape index (κ3) is 2.61. The highest BCUT2D eigenvalue weighted by Gasteiger charge is 2.24. The molecule has 0 aromatic heterocycles. The van der Waals surface area contributed by atoms with E-state index in [-0.39, 0.29) is 0 Å². The smallest absolute Gasteiger partial charge is 0.0287 e. The summed E-state index contributed by atoms with van der Waals surface area (Å²) in [5.74, 6) is 0.299. The van der Waals surface area contributed by atoms with Crippen molar-refractivity contribution in [1.29, 1.82) is 0 Å². The van der Waals surface area contributed by atoms with Crippen LogP contribution in [0.15, 0.2) is 103 Å². The topological polar surface area (TPSA) is 0 Å². The van der Waals surface area contributed by atoms with Crippen LogP contribution in [0.3, 0.4) is 0 Å². The maximum atomic E-state index is 2.36. The van der Waals surface area contributed by atoms with Crippen LogP contribution in [0.25, 0.3) is 38.7 Å². The van der Waals surface area contributed by atoms with E-state index in [2.05, 4.69) is 116 Å². The lowest BCUT2D eigenvalue weighted by Gasteiger charge is -2.19. The standard InChI is InChI=1S/C30H22/c1-20-8-2-5-13-25(20)28-17-16-21-11-6-15-27(30(21)28)26-14-7-12-24-18-22-9-3-4-10-23(22)19-29(24)26/h2-19,28H,1H3. The quantitative estimate of drug-likeness (QED) is 0.270. The van der Waals surface area contributed by atoms with Crippen molar-refractivity contribution in [2.45, 2.75) is 12.8 Å². The second kappa shape index (κ2) is 6.71. The van der Waals surface area contributed by atoms with Gasteiger partial charge in [0.1, 0.15) is 0 Å². The van der Waals surface area contributed by atoms with Gasteiger partial charge < -0.3 is 0 Å². The Labute approximate surface area is 177 Å². The highest BCUT2D eigenvalue weighted by atomic mass is 14.3. The summed E-state index contributed by atoms with van der Waals surface area (Å²) in [5, 5.41) is 5.20. The minimum atomic E-state index is 0.299. The Morgan fingerprint density at radius 1 is 0.600 bits per heavy atom. The van der Waals surface area contributed by atoms with E-state index in [4.69, 9.17) is 0 Å². The first-order chi connectivity index (χ1) is 14.8. The van der Waals surface area contributed by atoms with Crippen molar-refractivity contribution >= 4 is 27.6 Å². The summed E-state index contributed by atoms with van der Waals surface area (Å²) < 4.78 is 0. The van der Waals surface area contributed by atoms with Crippen molar-refractivity contribution in [3.8, 4) is 11.1 Å². The normalized spacial score (nSPS) is 15.0. The van der Waals surface area contributed by atoms with Crippen LogP contribution in [-0.4, -0.2) is 0 Å². The van der Waals surface area contributed by atoms with Crippen LogP contribution in [0, 0.1) is 6.92 Å². The van der Waals surface area contributed by atoms with Crippen LogP contribution in [0.5, 0.6) is 0 Å². The Morgan fingerprint density at radius 2 is 1.30 bits per heavy atom. The van der Waals surface area contributed by atoms with E-state index in [1.54, 1.807) is 0 Å². The molecule has 30 heavy (non-hydrogen) atoms. The molecule has 142 valence electrons. The Bertz CT molecular complexity index is 1450. The van der Waals surface area contributed by atoms with E-state index < -0.39 is 0 Å².